The fraction of sp³-hybridized carbons (Fsp3) is 0.148. The molecule has 0 amide bonds. The first-order valence-electron chi connectivity index (χ1n) is 11.0. The number of hydrogen-bond donors (Lipinski definition) is 2. The molecule has 1 aliphatic rings. The highest BCUT2D eigenvalue weighted by molar-refractivity contribution is 7.80. The number of furan rings is 1. The molecule has 0 saturated carbocycles. The normalized spacial score (nSPS) is 17.5. The van der Waals surface area contributed by atoms with Gasteiger partial charge in [0.1, 0.15) is 17.6 Å². The minimum atomic E-state index is -1.03. The average Bonchev–Trinajstić information content (AvgIpc) is 3.43. The van der Waals surface area contributed by atoms with Gasteiger partial charge in [-0.1, -0.05) is 23.7 Å². The number of hydrogen-bond acceptors (Lipinski definition) is 4. The summed E-state index contributed by atoms with van der Waals surface area (Å²) in [7, 11) is 0. The Balaban J connectivity index is 1.63. The van der Waals surface area contributed by atoms with Crippen LogP contribution in [0.4, 0.5) is 5.69 Å². The highest BCUT2D eigenvalue weighted by Crippen LogP contribution is 2.43. The van der Waals surface area contributed by atoms with Gasteiger partial charge in [-0.3, -0.25) is 4.98 Å². The Morgan fingerprint density at radius 3 is 2.54 bits per heavy atom. The monoisotopic (exact) mass is 503 g/mol. The number of benzene rings is 2. The summed E-state index contributed by atoms with van der Waals surface area (Å²) < 4.78 is 6.34. The van der Waals surface area contributed by atoms with Crippen LogP contribution in [0.15, 0.2) is 77.3 Å². The van der Waals surface area contributed by atoms with Crippen molar-refractivity contribution < 1.29 is 14.3 Å². The number of thiocarbonyl (C=S) groups is 1. The molecule has 1 aliphatic heterocycles. The van der Waals surface area contributed by atoms with Crippen molar-refractivity contribution in [2.45, 2.75) is 25.9 Å². The molecule has 8 heteroatoms. The first-order chi connectivity index (χ1) is 16.8. The molecule has 5 rings (SSSR count). The molecule has 176 valence electrons. The number of rotatable bonds is 5. The summed E-state index contributed by atoms with van der Waals surface area (Å²) in [5.74, 6) is 0.0984. The van der Waals surface area contributed by atoms with Gasteiger partial charge in [0.25, 0.3) is 0 Å². The Morgan fingerprint density at radius 1 is 1.09 bits per heavy atom. The maximum atomic E-state index is 11.5. The predicted octanol–water partition coefficient (Wildman–Crippen LogP) is 6.49. The number of carboxylic acids is 1. The van der Waals surface area contributed by atoms with Crippen molar-refractivity contribution in [1.29, 1.82) is 0 Å². The molecule has 0 bridgehead atoms. The number of nitrogens with one attached hydrogen (secondary N) is 1. The zero-order valence-electron chi connectivity index (χ0n) is 19.0. The summed E-state index contributed by atoms with van der Waals surface area (Å²) in [6.45, 7) is 4.10. The number of aromatic nitrogens is 1. The van der Waals surface area contributed by atoms with E-state index in [1.54, 1.807) is 18.3 Å². The second kappa shape index (κ2) is 9.17. The minimum absolute atomic E-state index is 0.134. The highest BCUT2D eigenvalue weighted by atomic mass is 35.5. The molecule has 2 aromatic heterocycles. The molecule has 1 fully saturated rings. The minimum Gasteiger partial charge on any atom is -0.478 e. The average molecular weight is 504 g/mol. The van der Waals surface area contributed by atoms with Crippen LogP contribution in [0.5, 0.6) is 0 Å². The summed E-state index contributed by atoms with van der Waals surface area (Å²) in [5, 5.41) is 13.8. The van der Waals surface area contributed by atoms with Gasteiger partial charge in [-0.15, -0.1) is 0 Å². The van der Waals surface area contributed by atoms with Crippen molar-refractivity contribution in [2.75, 3.05) is 4.90 Å². The van der Waals surface area contributed by atoms with Crippen LogP contribution in [0.2, 0.25) is 5.02 Å². The molecule has 2 N–H and O–H groups in total. The summed E-state index contributed by atoms with van der Waals surface area (Å²) in [6.07, 6.45) is 1.75. The van der Waals surface area contributed by atoms with Gasteiger partial charge >= 0.3 is 5.97 Å². The number of nitrogens with zero attached hydrogens (tertiary/aromatic N) is 2. The third kappa shape index (κ3) is 4.40. The molecule has 4 aromatic rings. The highest BCUT2D eigenvalue weighted by Gasteiger charge is 2.42. The van der Waals surface area contributed by atoms with E-state index in [1.807, 2.05) is 29.2 Å². The quantitative estimate of drug-likeness (QED) is 0.301. The number of carboxylic acid groups (broad SMARTS) is 1. The molecule has 2 atom stereocenters. The van der Waals surface area contributed by atoms with E-state index < -0.39 is 5.97 Å². The lowest BCUT2D eigenvalue weighted by Crippen LogP contribution is -2.29. The number of aromatic carboxylic acids is 1. The van der Waals surface area contributed by atoms with Crippen molar-refractivity contribution in [1.82, 2.24) is 10.3 Å². The fourth-order valence-electron chi connectivity index (χ4n) is 4.52. The molecule has 0 unspecified atom stereocenters. The summed E-state index contributed by atoms with van der Waals surface area (Å²) >= 11 is 12.2. The van der Waals surface area contributed by atoms with Crippen LogP contribution in [-0.2, 0) is 0 Å². The van der Waals surface area contributed by atoms with Crippen LogP contribution < -0.4 is 10.2 Å². The van der Waals surface area contributed by atoms with E-state index in [2.05, 4.69) is 42.3 Å². The lowest BCUT2D eigenvalue weighted by molar-refractivity contribution is 0.0697. The number of halogens is 1. The van der Waals surface area contributed by atoms with Gasteiger partial charge in [-0.25, -0.2) is 4.79 Å². The molecule has 1 saturated heterocycles. The van der Waals surface area contributed by atoms with Gasteiger partial charge in [0.05, 0.1) is 22.3 Å². The number of anilines is 1. The van der Waals surface area contributed by atoms with Crippen molar-refractivity contribution >= 4 is 40.6 Å². The van der Waals surface area contributed by atoms with Crippen molar-refractivity contribution in [3.05, 3.63) is 106 Å². The molecular formula is C27H22ClN3O3S. The second-order valence-corrected chi connectivity index (χ2v) is 9.34. The Labute approximate surface area is 213 Å². The van der Waals surface area contributed by atoms with Crippen LogP contribution in [-0.4, -0.2) is 21.2 Å². The van der Waals surface area contributed by atoms with E-state index in [9.17, 15) is 9.90 Å². The van der Waals surface area contributed by atoms with Crippen LogP contribution >= 0.6 is 23.8 Å². The first-order valence-corrected chi connectivity index (χ1v) is 11.8. The third-order valence-corrected chi connectivity index (χ3v) is 6.62. The molecule has 0 radical (unpaired) electrons. The van der Waals surface area contributed by atoms with E-state index in [0.717, 1.165) is 22.5 Å². The maximum absolute atomic E-state index is 11.5. The van der Waals surface area contributed by atoms with Gasteiger partial charge in [-0.05, 0) is 91.8 Å². The zero-order chi connectivity index (χ0) is 24.7. The van der Waals surface area contributed by atoms with Gasteiger partial charge in [0, 0.05) is 17.4 Å². The Morgan fingerprint density at radius 2 is 1.86 bits per heavy atom. The number of pyridine rings is 1. The lowest BCUT2D eigenvalue weighted by atomic mass is 10.0. The zero-order valence-corrected chi connectivity index (χ0v) is 20.6. The number of carbonyl (C=O) groups is 1. The predicted molar refractivity (Wildman–Crippen MR) is 140 cm³/mol. The SMILES string of the molecule is Cc1cc(C)cc(N2C(=S)N[C@@H](c3ccccn3)[C@H]2c2ccc(-c3cc(C(=O)O)ccc3Cl)o2)c1. The van der Waals surface area contributed by atoms with E-state index >= 15 is 0 Å². The van der Waals surface area contributed by atoms with Crippen LogP contribution in [0.3, 0.4) is 0 Å². The van der Waals surface area contributed by atoms with Gasteiger partial charge in [0.15, 0.2) is 5.11 Å². The summed E-state index contributed by atoms with van der Waals surface area (Å²) in [6, 6.07) is 19.7. The Kier molecular flexibility index (Phi) is 6.05. The van der Waals surface area contributed by atoms with Crippen LogP contribution in [0, 0.1) is 13.8 Å². The molecule has 0 aliphatic carbocycles. The summed E-state index contributed by atoms with van der Waals surface area (Å²) in [4.78, 5) is 18.1. The largest absolute Gasteiger partial charge is 0.478 e. The molecule has 0 spiro atoms. The van der Waals surface area contributed by atoms with E-state index in [4.69, 9.17) is 28.2 Å². The third-order valence-electron chi connectivity index (χ3n) is 5.98. The van der Waals surface area contributed by atoms with E-state index in [0.29, 0.717) is 27.2 Å². The molecule has 35 heavy (non-hydrogen) atoms. The van der Waals surface area contributed by atoms with Crippen molar-refractivity contribution in [3.63, 3.8) is 0 Å². The topological polar surface area (TPSA) is 78.6 Å². The second-order valence-electron chi connectivity index (χ2n) is 8.54. The Hall–Kier alpha value is -3.68. The van der Waals surface area contributed by atoms with Crippen molar-refractivity contribution in [2.24, 2.45) is 0 Å². The number of aryl methyl sites for hydroxylation is 2. The van der Waals surface area contributed by atoms with Crippen LogP contribution in [0.1, 0.15) is 45.0 Å². The maximum Gasteiger partial charge on any atom is 0.335 e. The van der Waals surface area contributed by atoms with E-state index in [1.165, 1.54) is 12.1 Å². The van der Waals surface area contributed by atoms with Gasteiger partial charge in [-0.2, -0.15) is 0 Å². The Bertz CT molecular complexity index is 1420. The smallest absolute Gasteiger partial charge is 0.335 e. The van der Waals surface area contributed by atoms with Gasteiger partial charge in [0.2, 0.25) is 0 Å². The fourth-order valence-corrected chi connectivity index (χ4v) is 5.07. The molecule has 2 aromatic carbocycles. The van der Waals surface area contributed by atoms with E-state index in [-0.39, 0.29) is 17.6 Å². The lowest BCUT2D eigenvalue weighted by Gasteiger charge is -2.26. The molecular weight excluding hydrogens is 482 g/mol. The molecule has 3 heterocycles. The molecule has 6 nitrogen and oxygen atoms in total. The van der Waals surface area contributed by atoms with Crippen molar-refractivity contribution in [3.8, 4) is 11.3 Å². The standard InChI is InChI=1S/C27H22ClN3O3S/c1-15-11-16(2)13-18(12-15)31-25(24(30-27(31)35)21-5-3-4-10-29-21)23-9-8-22(34-23)19-14-17(26(32)33)6-7-20(19)28/h3-14,24-25H,1-2H3,(H,30,35)(H,32,33)/t24-,25+/m0/s1. The summed E-state index contributed by atoms with van der Waals surface area (Å²) in [5.41, 5.74) is 4.68. The van der Waals surface area contributed by atoms with Gasteiger partial charge < -0.3 is 19.7 Å². The first kappa shape index (κ1) is 23.1. The van der Waals surface area contributed by atoms with Crippen LogP contribution in [0.25, 0.3) is 11.3 Å².